The third-order valence-corrected chi connectivity index (χ3v) is 6.97. The van der Waals surface area contributed by atoms with E-state index in [9.17, 15) is 14.7 Å². The molecular weight excluding hydrogens is 526 g/mol. The molecule has 0 radical (unpaired) electrons. The van der Waals surface area contributed by atoms with E-state index in [1.54, 1.807) is 0 Å². The van der Waals surface area contributed by atoms with Crippen LogP contribution in [0.15, 0.2) is 108 Å². The number of carbonyl (C=O) groups is 2. The van der Waals surface area contributed by atoms with E-state index in [1.165, 1.54) is 30.0 Å². The minimum Gasteiger partial charge on any atom is -0.478 e. The van der Waals surface area contributed by atoms with Crippen LogP contribution in [0, 0.1) is 0 Å². The first kappa shape index (κ1) is 26.2. The van der Waals surface area contributed by atoms with Crippen LogP contribution in [0.2, 0.25) is 5.02 Å². The molecule has 4 rings (SSSR count). The molecule has 4 aromatic rings. The van der Waals surface area contributed by atoms with E-state index in [0.29, 0.717) is 5.11 Å². The first-order valence-corrected chi connectivity index (χ1v) is 12.8. The fourth-order valence-electron chi connectivity index (χ4n) is 3.45. The molecule has 1 unspecified atom stereocenters. The lowest BCUT2D eigenvalue weighted by molar-refractivity contribution is -0.115. The number of carboxylic acid groups (broad SMARTS) is 1. The molecule has 0 aromatic heterocycles. The Labute approximate surface area is 229 Å². The summed E-state index contributed by atoms with van der Waals surface area (Å²) in [6, 6.07) is 30.7. The normalized spacial score (nSPS) is 11.3. The van der Waals surface area contributed by atoms with E-state index in [4.69, 9.17) is 23.8 Å². The molecule has 9 heteroatoms. The monoisotopic (exact) mass is 547 g/mol. The predicted octanol–water partition coefficient (Wildman–Crippen LogP) is 7.32. The Morgan fingerprint density at radius 1 is 0.784 bits per heavy atom. The van der Waals surface area contributed by atoms with E-state index in [-0.39, 0.29) is 22.2 Å². The first-order valence-electron chi connectivity index (χ1n) is 11.2. The lowest BCUT2D eigenvalue weighted by Gasteiger charge is -2.18. The number of thiocarbonyl (C=S) groups is 1. The standard InChI is InChI=1S/C28H22ClN3O3S2/c29-23-15-14-19(27(34)35)16-24(23)32-26(33)25(18-8-3-1-4-9-18)37-22-13-7-12-21(17-22)31-28(36)30-20-10-5-2-6-11-20/h1-17,25H,(H,32,33)(H,34,35)(H2,30,31,36). The number of hydrogen-bond donors (Lipinski definition) is 4. The van der Waals surface area contributed by atoms with Gasteiger partial charge in [0.1, 0.15) is 5.25 Å². The highest BCUT2D eigenvalue weighted by Crippen LogP contribution is 2.38. The SMILES string of the molecule is O=C(O)c1ccc(Cl)c(NC(=O)C(Sc2cccc(NC(=S)Nc3ccccc3)c2)c2ccccc2)c1. The summed E-state index contributed by atoms with van der Waals surface area (Å²) in [4.78, 5) is 25.6. The van der Waals surface area contributed by atoms with Crippen LogP contribution >= 0.6 is 35.6 Å². The van der Waals surface area contributed by atoms with Gasteiger partial charge in [-0.25, -0.2) is 4.79 Å². The van der Waals surface area contributed by atoms with Gasteiger partial charge in [-0.1, -0.05) is 66.2 Å². The minimum atomic E-state index is -1.11. The van der Waals surface area contributed by atoms with Crippen molar-refractivity contribution in [1.29, 1.82) is 0 Å². The maximum Gasteiger partial charge on any atom is 0.335 e. The Morgan fingerprint density at radius 3 is 2.14 bits per heavy atom. The van der Waals surface area contributed by atoms with Gasteiger partial charge in [0.2, 0.25) is 5.91 Å². The quantitative estimate of drug-likeness (QED) is 0.136. The van der Waals surface area contributed by atoms with Crippen LogP contribution in [-0.2, 0) is 4.79 Å². The van der Waals surface area contributed by atoms with Crippen LogP contribution in [0.4, 0.5) is 17.1 Å². The van der Waals surface area contributed by atoms with Crippen LogP contribution in [0.25, 0.3) is 0 Å². The Morgan fingerprint density at radius 2 is 1.43 bits per heavy atom. The molecule has 186 valence electrons. The lowest BCUT2D eigenvalue weighted by atomic mass is 10.1. The molecule has 4 aromatic carbocycles. The summed E-state index contributed by atoms with van der Waals surface area (Å²) in [5.41, 5.74) is 2.69. The van der Waals surface area contributed by atoms with E-state index in [1.807, 2.05) is 84.9 Å². The molecule has 0 saturated heterocycles. The Balaban J connectivity index is 1.53. The van der Waals surface area contributed by atoms with E-state index < -0.39 is 11.2 Å². The molecule has 6 nitrogen and oxygen atoms in total. The van der Waals surface area contributed by atoms with Gasteiger partial charge in [0.05, 0.1) is 16.3 Å². The average molecular weight is 548 g/mol. The van der Waals surface area contributed by atoms with Gasteiger partial charge in [0, 0.05) is 16.3 Å². The average Bonchev–Trinajstić information content (AvgIpc) is 2.89. The van der Waals surface area contributed by atoms with E-state index in [0.717, 1.165) is 21.8 Å². The van der Waals surface area contributed by atoms with Crippen molar-refractivity contribution >= 4 is 69.6 Å². The predicted molar refractivity (Wildman–Crippen MR) is 155 cm³/mol. The number of amides is 1. The van der Waals surface area contributed by atoms with Crippen molar-refractivity contribution in [3.05, 3.63) is 119 Å². The largest absolute Gasteiger partial charge is 0.478 e. The van der Waals surface area contributed by atoms with Gasteiger partial charge in [0.15, 0.2) is 5.11 Å². The second-order valence-corrected chi connectivity index (χ2v) is 9.86. The van der Waals surface area contributed by atoms with Gasteiger partial charge in [0.25, 0.3) is 0 Å². The summed E-state index contributed by atoms with van der Waals surface area (Å²) in [6.45, 7) is 0. The lowest BCUT2D eigenvalue weighted by Crippen LogP contribution is -2.20. The number of carbonyl (C=O) groups excluding carboxylic acids is 1. The van der Waals surface area contributed by atoms with Crippen LogP contribution in [0.3, 0.4) is 0 Å². The number of para-hydroxylation sites is 1. The molecule has 4 N–H and O–H groups in total. The highest BCUT2D eigenvalue weighted by molar-refractivity contribution is 8.00. The Hall–Kier alpha value is -3.85. The Bertz CT molecular complexity index is 1420. The zero-order chi connectivity index (χ0) is 26.2. The maximum absolute atomic E-state index is 13.4. The molecule has 1 atom stereocenters. The van der Waals surface area contributed by atoms with Crippen molar-refractivity contribution in [2.75, 3.05) is 16.0 Å². The van der Waals surface area contributed by atoms with Crippen molar-refractivity contribution in [2.45, 2.75) is 10.1 Å². The van der Waals surface area contributed by atoms with Crippen molar-refractivity contribution in [3.63, 3.8) is 0 Å². The second kappa shape index (κ2) is 12.4. The summed E-state index contributed by atoms with van der Waals surface area (Å²) in [5, 5.41) is 18.5. The summed E-state index contributed by atoms with van der Waals surface area (Å²) in [6.07, 6.45) is 0. The first-order chi connectivity index (χ1) is 17.9. The number of hydrogen-bond acceptors (Lipinski definition) is 4. The number of aromatic carboxylic acids is 1. The van der Waals surface area contributed by atoms with Gasteiger partial charge >= 0.3 is 5.97 Å². The zero-order valence-electron chi connectivity index (χ0n) is 19.4. The summed E-state index contributed by atoms with van der Waals surface area (Å²) < 4.78 is 0. The highest BCUT2D eigenvalue weighted by atomic mass is 35.5. The minimum absolute atomic E-state index is 0.0301. The van der Waals surface area contributed by atoms with Gasteiger partial charge in [-0.3, -0.25) is 4.79 Å². The van der Waals surface area contributed by atoms with Gasteiger partial charge in [-0.05, 0) is 66.3 Å². The summed E-state index contributed by atoms with van der Waals surface area (Å²) >= 11 is 13.0. The van der Waals surface area contributed by atoms with Crippen molar-refractivity contribution in [2.24, 2.45) is 0 Å². The Kier molecular flexibility index (Phi) is 8.79. The molecule has 37 heavy (non-hydrogen) atoms. The summed E-state index contributed by atoms with van der Waals surface area (Å²) in [5.74, 6) is -1.44. The number of nitrogens with one attached hydrogen (secondary N) is 3. The molecule has 1 amide bonds. The number of anilines is 3. The van der Waals surface area contributed by atoms with Gasteiger partial charge in [-0.15, -0.1) is 11.8 Å². The number of rotatable bonds is 8. The fourth-order valence-corrected chi connectivity index (χ4v) is 4.94. The van der Waals surface area contributed by atoms with Crippen molar-refractivity contribution < 1.29 is 14.7 Å². The van der Waals surface area contributed by atoms with Gasteiger partial charge in [-0.2, -0.15) is 0 Å². The van der Waals surface area contributed by atoms with Crippen LogP contribution < -0.4 is 16.0 Å². The highest BCUT2D eigenvalue weighted by Gasteiger charge is 2.23. The number of carboxylic acids is 1. The number of thioether (sulfide) groups is 1. The second-order valence-electron chi connectivity index (χ2n) is 7.87. The molecule has 0 spiro atoms. The summed E-state index contributed by atoms with van der Waals surface area (Å²) in [7, 11) is 0. The number of benzene rings is 4. The topological polar surface area (TPSA) is 90.5 Å². The smallest absolute Gasteiger partial charge is 0.335 e. The molecule has 0 aliphatic carbocycles. The van der Waals surface area contributed by atoms with Gasteiger partial charge < -0.3 is 21.1 Å². The van der Waals surface area contributed by atoms with Crippen molar-refractivity contribution in [1.82, 2.24) is 0 Å². The van der Waals surface area contributed by atoms with Crippen LogP contribution in [0.5, 0.6) is 0 Å². The fraction of sp³-hybridized carbons (Fsp3) is 0.0357. The third-order valence-electron chi connectivity index (χ3n) is 5.19. The molecule has 0 bridgehead atoms. The number of halogens is 1. The maximum atomic E-state index is 13.4. The molecule has 0 heterocycles. The van der Waals surface area contributed by atoms with E-state index >= 15 is 0 Å². The van der Waals surface area contributed by atoms with Crippen LogP contribution in [0.1, 0.15) is 21.2 Å². The van der Waals surface area contributed by atoms with Crippen molar-refractivity contribution in [3.8, 4) is 0 Å². The molecular formula is C28H22ClN3O3S2. The van der Waals surface area contributed by atoms with Crippen LogP contribution in [-0.4, -0.2) is 22.1 Å². The molecule has 0 saturated carbocycles. The molecule has 0 aliphatic heterocycles. The zero-order valence-corrected chi connectivity index (χ0v) is 21.7. The third kappa shape index (κ3) is 7.33. The molecule has 0 aliphatic rings. The molecule has 0 fully saturated rings. The van der Waals surface area contributed by atoms with E-state index in [2.05, 4.69) is 16.0 Å².